The predicted octanol–water partition coefficient (Wildman–Crippen LogP) is 3.95. The summed E-state index contributed by atoms with van der Waals surface area (Å²) in [5.41, 5.74) is 0.709. The smallest absolute Gasteiger partial charge is 0.253 e. The Balaban J connectivity index is 1.97. The molecule has 1 amide bonds. The highest BCUT2D eigenvalue weighted by Gasteiger charge is 2.26. The summed E-state index contributed by atoms with van der Waals surface area (Å²) in [6.07, 6.45) is 2.94. The van der Waals surface area contributed by atoms with Crippen LogP contribution in [0.2, 0.25) is 0 Å². The maximum Gasteiger partial charge on any atom is 0.253 e. The van der Waals surface area contributed by atoms with Crippen molar-refractivity contribution in [3.63, 3.8) is 0 Å². The third-order valence-corrected chi connectivity index (χ3v) is 4.39. The van der Waals surface area contributed by atoms with Crippen LogP contribution in [-0.4, -0.2) is 35.9 Å². The molecule has 1 saturated heterocycles. The Bertz CT molecular complexity index is 468. The van der Waals surface area contributed by atoms with Crippen molar-refractivity contribution in [2.75, 3.05) is 19.7 Å². The van der Waals surface area contributed by atoms with Gasteiger partial charge in [-0.15, -0.1) is 11.6 Å². The largest absolute Gasteiger partial charge is 0.494 e. The van der Waals surface area contributed by atoms with Crippen LogP contribution in [-0.2, 0) is 0 Å². The Hall–Kier alpha value is -1.22. The molecule has 1 aromatic rings. The molecular weight excluding hydrogens is 286 g/mol. The van der Waals surface area contributed by atoms with Crippen molar-refractivity contribution in [2.24, 2.45) is 5.92 Å². The molecule has 1 heterocycles. The topological polar surface area (TPSA) is 29.5 Å². The van der Waals surface area contributed by atoms with E-state index in [1.807, 2.05) is 36.1 Å². The van der Waals surface area contributed by atoms with E-state index >= 15 is 0 Å². The van der Waals surface area contributed by atoms with E-state index in [1.54, 1.807) is 0 Å². The SMILES string of the molecule is CCCOc1cccc(C(=O)N2CCC(C(C)Cl)CC2)c1. The molecule has 0 bridgehead atoms. The summed E-state index contributed by atoms with van der Waals surface area (Å²) in [5.74, 6) is 1.39. The van der Waals surface area contributed by atoms with Crippen molar-refractivity contribution < 1.29 is 9.53 Å². The van der Waals surface area contributed by atoms with Crippen LogP contribution in [0.25, 0.3) is 0 Å². The zero-order valence-corrected chi connectivity index (χ0v) is 13.6. The summed E-state index contributed by atoms with van der Waals surface area (Å²) >= 11 is 6.15. The average molecular weight is 310 g/mol. The number of hydrogen-bond donors (Lipinski definition) is 0. The van der Waals surface area contributed by atoms with E-state index in [0.717, 1.165) is 38.1 Å². The van der Waals surface area contributed by atoms with Crippen LogP contribution in [0.1, 0.15) is 43.5 Å². The van der Waals surface area contributed by atoms with Crippen molar-refractivity contribution >= 4 is 17.5 Å². The zero-order chi connectivity index (χ0) is 15.2. The first-order chi connectivity index (χ1) is 10.1. The monoisotopic (exact) mass is 309 g/mol. The van der Waals surface area contributed by atoms with Gasteiger partial charge in [-0.3, -0.25) is 4.79 Å². The molecule has 116 valence electrons. The summed E-state index contributed by atoms with van der Waals surface area (Å²) in [6, 6.07) is 7.48. The molecule has 0 spiro atoms. The summed E-state index contributed by atoms with van der Waals surface area (Å²) in [7, 11) is 0. The third-order valence-electron chi connectivity index (χ3n) is 4.03. The van der Waals surface area contributed by atoms with Gasteiger partial charge in [0, 0.05) is 24.0 Å². The molecule has 1 aliphatic heterocycles. The maximum absolute atomic E-state index is 12.5. The molecule has 0 aromatic heterocycles. The number of halogens is 1. The predicted molar refractivity (Wildman–Crippen MR) is 86.2 cm³/mol. The molecule has 0 radical (unpaired) electrons. The number of carbonyl (C=O) groups excluding carboxylic acids is 1. The van der Waals surface area contributed by atoms with Crippen LogP contribution < -0.4 is 4.74 Å². The standard InChI is InChI=1S/C17H24ClNO2/c1-3-11-21-16-6-4-5-15(12-16)17(20)19-9-7-14(8-10-19)13(2)18/h4-6,12-14H,3,7-11H2,1-2H3. The van der Waals surface area contributed by atoms with Crippen LogP contribution in [0.3, 0.4) is 0 Å². The molecule has 1 unspecified atom stereocenters. The summed E-state index contributed by atoms with van der Waals surface area (Å²) in [5, 5.41) is 0.188. The van der Waals surface area contributed by atoms with Crippen molar-refractivity contribution in [1.29, 1.82) is 0 Å². The second kappa shape index (κ2) is 7.69. The second-order valence-corrected chi connectivity index (χ2v) is 6.37. The van der Waals surface area contributed by atoms with Gasteiger partial charge in [0.15, 0.2) is 0 Å². The van der Waals surface area contributed by atoms with Crippen molar-refractivity contribution in [3.8, 4) is 5.75 Å². The fraction of sp³-hybridized carbons (Fsp3) is 0.588. The van der Waals surface area contributed by atoms with Gasteiger partial charge in [-0.1, -0.05) is 13.0 Å². The van der Waals surface area contributed by atoms with Crippen LogP contribution >= 0.6 is 11.6 Å². The first kappa shape index (κ1) is 16.2. The van der Waals surface area contributed by atoms with Gasteiger partial charge in [0.2, 0.25) is 0 Å². The van der Waals surface area contributed by atoms with Gasteiger partial charge in [0.1, 0.15) is 5.75 Å². The molecule has 3 nitrogen and oxygen atoms in total. The Kier molecular flexibility index (Phi) is 5.92. The molecule has 4 heteroatoms. The van der Waals surface area contributed by atoms with Crippen LogP contribution in [0.15, 0.2) is 24.3 Å². The lowest BCUT2D eigenvalue weighted by atomic mass is 9.93. The number of carbonyl (C=O) groups is 1. The lowest BCUT2D eigenvalue weighted by molar-refractivity contribution is 0.0689. The Morgan fingerprint density at radius 1 is 1.43 bits per heavy atom. The lowest BCUT2D eigenvalue weighted by Gasteiger charge is -2.33. The van der Waals surface area contributed by atoms with Gasteiger partial charge in [0.25, 0.3) is 5.91 Å². The van der Waals surface area contributed by atoms with E-state index in [0.29, 0.717) is 18.1 Å². The number of likely N-dealkylation sites (tertiary alicyclic amines) is 1. The van der Waals surface area contributed by atoms with E-state index in [-0.39, 0.29) is 11.3 Å². The molecule has 0 N–H and O–H groups in total. The lowest BCUT2D eigenvalue weighted by Crippen LogP contribution is -2.40. The second-order valence-electron chi connectivity index (χ2n) is 5.68. The number of alkyl halides is 1. The summed E-state index contributed by atoms with van der Waals surface area (Å²) in [4.78, 5) is 14.5. The molecule has 1 aromatic carbocycles. The number of nitrogens with zero attached hydrogens (tertiary/aromatic N) is 1. The maximum atomic E-state index is 12.5. The third kappa shape index (κ3) is 4.37. The van der Waals surface area contributed by atoms with E-state index < -0.39 is 0 Å². The highest BCUT2D eigenvalue weighted by molar-refractivity contribution is 6.20. The molecule has 1 atom stereocenters. The minimum atomic E-state index is 0.0950. The molecule has 21 heavy (non-hydrogen) atoms. The van der Waals surface area contributed by atoms with E-state index in [4.69, 9.17) is 16.3 Å². The normalized spacial score (nSPS) is 17.6. The summed E-state index contributed by atoms with van der Waals surface area (Å²) in [6.45, 7) is 6.37. The van der Waals surface area contributed by atoms with Gasteiger partial charge in [-0.25, -0.2) is 0 Å². The number of hydrogen-bond acceptors (Lipinski definition) is 2. The van der Waals surface area contributed by atoms with Crippen molar-refractivity contribution in [3.05, 3.63) is 29.8 Å². The molecule has 1 fully saturated rings. The van der Waals surface area contributed by atoms with Crippen molar-refractivity contribution in [2.45, 2.75) is 38.5 Å². The Labute approximate surface area is 132 Å². The fourth-order valence-corrected chi connectivity index (χ4v) is 2.94. The van der Waals surface area contributed by atoms with Gasteiger partial charge in [-0.05, 0) is 50.3 Å². The molecule has 2 rings (SSSR count). The van der Waals surface area contributed by atoms with Gasteiger partial charge in [-0.2, -0.15) is 0 Å². The fourth-order valence-electron chi connectivity index (χ4n) is 2.68. The minimum Gasteiger partial charge on any atom is -0.494 e. The van der Waals surface area contributed by atoms with E-state index in [2.05, 4.69) is 6.92 Å². The first-order valence-corrected chi connectivity index (χ1v) is 8.21. The van der Waals surface area contributed by atoms with E-state index in [1.165, 1.54) is 0 Å². The molecule has 1 aliphatic rings. The minimum absolute atomic E-state index is 0.0950. The van der Waals surface area contributed by atoms with Gasteiger partial charge < -0.3 is 9.64 Å². The van der Waals surface area contributed by atoms with E-state index in [9.17, 15) is 4.79 Å². The molecular formula is C17H24ClNO2. The number of piperidine rings is 1. The van der Waals surface area contributed by atoms with Crippen LogP contribution in [0, 0.1) is 5.92 Å². The number of ether oxygens (including phenoxy) is 1. The van der Waals surface area contributed by atoms with Gasteiger partial charge in [0.05, 0.1) is 6.61 Å². The van der Waals surface area contributed by atoms with Gasteiger partial charge >= 0.3 is 0 Å². The highest BCUT2D eigenvalue weighted by Crippen LogP contribution is 2.25. The number of amides is 1. The quantitative estimate of drug-likeness (QED) is 0.771. The number of rotatable bonds is 5. The zero-order valence-electron chi connectivity index (χ0n) is 12.8. The first-order valence-electron chi connectivity index (χ1n) is 7.78. The highest BCUT2D eigenvalue weighted by atomic mass is 35.5. The Morgan fingerprint density at radius 2 is 2.14 bits per heavy atom. The summed E-state index contributed by atoms with van der Waals surface area (Å²) < 4.78 is 5.59. The van der Waals surface area contributed by atoms with Crippen LogP contribution in [0.4, 0.5) is 0 Å². The molecule has 0 saturated carbocycles. The van der Waals surface area contributed by atoms with Crippen molar-refractivity contribution in [1.82, 2.24) is 4.90 Å². The Morgan fingerprint density at radius 3 is 2.76 bits per heavy atom. The number of benzene rings is 1. The van der Waals surface area contributed by atoms with Crippen LogP contribution in [0.5, 0.6) is 5.75 Å². The molecule has 0 aliphatic carbocycles. The average Bonchev–Trinajstić information content (AvgIpc) is 2.52.